The second-order valence-corrected chi connectivity index (χ2v) is 4.49. The third kappa shape index (κ3) is 2.87. The molecule has 0 unspecified atom stereocenters. The summed E-state index contributed by atoms with van der Waals surface area (Å²) < 4.78 is 0. The largest absolute Gasteiger partial charge is 0.256 e. The summed E-state index contributed by atoms with van der Waals surface area (Å²) in [6.07, 6.45) is 1.70. The van der Waals surface area contributed by atoms with Gasteiger partial charge in [-0.2, -0.15) is 0 Å². The number of aryl methyl sites for hydroxylation is 1. The number of aliphatic imine (C=N–C) groups is 1. The van der Waals surface area contributed by atoms with E-state index in [-0.39, 0.29) is 0 Å². The first kappa shape index (κ1) is 12.2. The van der Waals surface area contributed by atoms with Crippen LogP contribution in [0.3, 0.4) is 0 Å². The van der Waals surface area contributed by atoms with Crippen molar-refractivity contribution in [2.75, 3.05) is 0 Å². The summed E-state index contributed by atoms with van der Waals surface area (Å²) >= 11 is 12.1. The van der Waals surface area contributed by atoms with Gasteiger partial charge in [0.25, 0.3) is 0 Å². The van der Waals surface area contributed by atoms with Crippen LogP contribution in [-0.2, 0) is 0 Å². The molecule has 2 aromatic carbocycles. The summed E-state index contributed by atoms with van der Waals surface area (Å²) in [6.45, 7) is 2.01. The summed E-state index contributed by atoms with van der Waals surface area (Å²) in [6, 6.07) is 13.3. The molecule has 2 aromatic rings. The number of hydrogen-bond donors (Lipinski definition) is 0. The fourth-order valence-corrected chi connectivity index (χ4v) is 1.97. The predicted molar refractivity (Wildman–Crippen MR) is 74.9 cm³/mol. The Morgan fingerprint density at radius 3 is 2.24 bits per heavy atom. The minimum atomic E-state index is 0.606. The quantitative estimate of drug-likeness (QED) is 0.673. The predicted octanol–water partition coefficient (Wildman–Crippen LogP) is 5.05. The van der Waals surface area contributed by atoms with Gasteiger partial charge in [0.15, 0.2) is 0 Å². The molecular weight excluding hydrogens is 253 g/mol. The van der Waals surface area contributed by atoms with Crippen molar-refractivity contribution in [1.82, 2.24) is 0 Å². The third-order valence-corrected chi connectivity index (χ3v) is 3.11. The highest BCUT2D eigenvalue weighted by Crippen LogP contribution is 2.24. The highest BCUT2D eigenvalue weighted by atomic mass is 35.5. The first-order valence-electron chi connectivity index (χ1n) is 5.22. The van der Waals surface area contributed by atoms with Crippen LogP contribution in [0.2, 0.25) is 10.0 Å². The Morgan fingerprint density at radius 1 is 0.941 bits per heavy atom. The van der Waals surface area contributed by atoms with Crippen molar-refractivity contribution in [3.63, 3.8) is 0 Å². The SMILES string of the molecule is Cc1ccccc1N=Cc1c(Cl)cccc1Cl. The molecule has 0 aliphatic rings. The van der Waals surface area contributed by atoms with Gasteiger partial charge < -0.3 is 0 Å². The van der Waals surface area contributed by atoms with Gasteiger partial charge in [-0.1, -0.05) is 47.5 Å². The highest BCUT2D eigenvalue weighted by molar-refractivity contribution is 6.38. The van der Waals surface area contributed by atoms with Crippen molar-refractivity contribution in [3.05, 3.63) is 63.6 Å². The van der Waals surface area contributed by atoms with Crippen LogP contribution >= 0.6 is 23.2 Å². The Morgan fingerprint density at radius 2 is 1.59 bits per heavy atom. The van der Waals surface area contributed by atoms with Gasteiger partial charge in [-0.25, -0.2) is 0 Å². The van der Waals surface area contributed by atoms with E-state index in [1.54, 1.807) is 18.3 Å². The minimum absolute atomic E-state index is 0.606. The van der Waals surface area contributed by atoms with Gasteiger partial charge in [-0.3, -0.25) is 4.99 Å². The Kier molecular flexibility index (Phi) is 3.82. The van der Waals surface area contributed by atoms with Crippen LogP contribution in [0.5, 0.6) is 0 Å². The lowest BCUT2D eigenvalue weighted by atomic mass is 10.2. The monoisotopic (exact) mass is 263 g/mol. The van der Waals surface area contributed by atoms with Crippen LogP contribution < -0.4 is 0 Å². The Balaban J connectivity index is 2.36. The second-order valence-electron chi connectivity index (χ2n) is 3.68. The molecule has 2 rings (SSSR count). The molecule has 86 valence electrons. The minimum Gasteiger partial charge on any atom is -0.256 e. The van der Waals surface area contributed by atoms with Gasteiger partial charge in [0.05, 0.1) is 15.7 Å². The van der Waals surface area contributed by atoms with Crippen LogP contribution in [0.1, 0.15) is 11.1 Å². The first-order chi connectivity index (χ1) is 8.18. The lowest BCUT2D eigenvalue weighted by Gasteiger charge is -2.01. The molecule has 0 bridgehead atoms. The maximum atomic E-state index is 6.06. The highest BCUT2D eigenvalue weighted by Gasteiger charge is 2.02. The molecule has 0 aliphatic heterocycles. The molecule has 0 radical (unpaired) electrons. The van der Waals surface area contributed by atoms with Crippen molar-refractivity contribution < 1.29 is 0 Å². The van der Waals surface area contributed by atoms with E-state index in [1.165, 1.54) is 0 Å². The topological polar surface area (TPSA) is 12.4 Å². The molecule has 0 aromatic heterocycles. The van der Waals surface area contributed by atoms with Gasteiger partial charge in [-0.05, 0) is 30.7 Å². The maximum Gasteiger partial charge on any atom is 0.0659 e. The fraction of sp³-hybridized carbons (Fsp3) is 0.0714. The Bertz CT molecular complexity index is 542. The van der Waals surface area contributed by atoms with Crippen LogP contribution in [0.4, 0.5) is 5.69 Å². The van der Waals surface area contributed by atoms with Gasteiger partial charge in [0.1, 0.15) is 0 Å². The Hall–Kier alpha value is -1.31. The van der Waals surface area contributed by atoms with Crippen molar-refractivity contribution in [1.29, 1.82) is 0 Å². The summed E-state index contributed by atoms with van der Waals surface area (Å²) in [5.74, 6) is 0. The average molecular weight is 264 g/mol. The first-order valence-corrected chi connectivity index (χ1v) is 5.98. The normalized spacial score (nSPS) is 11.0. The summed E-state index contributed by atoms with van der Waals surface area (Å²) in [5, 5.41) is 1.21. The van der Waals surface area contributed by atoms with E-state index in [4.69, 9.17) is 23.2 Å². The van der Waals surface area contributed by atoms with E-state index in [0.29, 0.717) is 10.0 Å². The molecular formula is C14H11Cl2N. The zero-order valence-electron chi connectivity index (χ0n) is 9.32. The van der Waals surface area contributed by atoms with Crippen LogP contribution in [-0.4, -0.2) is 6.21 Å². The molecule has 17 heavy (non-hydrogen) atoms. The molecule has 0 aliphatic carbocycles. The molecule has 0 saturated carbocycles. The van der Waals surface area contributed by atoms with Gasteiger partial charge >= 0.3 is 0 Å². The van der Waals surface area contributed by atoms with E-state index in [0.717, 1.165) is 16.8 Å². The van der Waals surface area contributed by atoms with Gasteiger partial charge in [-0.15, -0.1) is 0 Å². The molecule has 0 spiro atoms. The summed E-state index contributed by atoms with van der Waals surface area (Å²) in [7, 11) is 0. The number of nitrogens with zero attached hydrogens (tertiary/aromatic N) is 1. The number of hydrogen-bond acceptors (Lipinski definition) is 1. The van der Waals surface area contributed by atoms with E-state index in [1.807, 2.05) is 37.3 Å². The van der Waals surface area contributed by atoms with Crippen molar-refractivity contribution >= 4 is 35.1 Å². The number of rotatable bonds is 2. The lowest BCUT2D eigenvalue weighted by molar-refractivity contribution is 1.40. The molecule has 1 nitrogen and oxygen atoms in total. The smallest absolute Gasteiger partial charge is 0.0659 e. The molecule has 0 amide bonds. The standard InChI is InChI=1S/C14H11Cl2N/c1-10-5-2-3-8-14(10)17-9-11-12(15)6-4-7-13(11)16/h2-9H,1H3. The summed E-state index contributed by atoms with van der Waals surface area (Å²) in [5.41, 5.74) is 2.79. The number of halogens is 2. The van der Waals surface area contributed by atoms with E-state index in [9.17, 15) is 0 Å². The number of para-hydroxylation sites is 1. The fourth-order valence-electron chi connectivity index (χ4n) is 1.48. The summed E-state index contributed by atoms with van der Waals surface area (Å²) in [4.78, 5) is 4.40. The molecule has 0 atom stereocenters. The molecule has 0 saturated heterocycles. The zero-order valence-corrected chi connectivity index (χ0v) is 10.8. The van der Waals surface area contributed by atoms with E-state index in [2.05, 4.69) is 4.99 Å². The maximum absolute atomic E-state index is 6.06. The third-order valence-electron chi connectivity index (χ3n) is 2.45. The van der Waals surface area contributed by atoms with Crippen LogP contribution in [0, 0.1) is 6.92 Å². The molecule has 3 heteroatoms. The molecule has 0 heterocycles. The van der Waals surface area contributed by atoms with E-state index < -0.39 is 0 Å². The van der Waals surface area contributed by atoms with Gasteiger partial charge in [0.2, 0.25) is 0 Å². The lowest BCUT2D eigenvalue weighted by Crippen LogP contribution is -1.85. The van der Waals surface area contributed by atoms with Crippen molar-refractivity contribution in [3.8, 4) is 0 Å². The molecule has 0 N–H and O–H groups in total. The zero-order chi connectivity index (χ0) is 12.3. The molecule has 0 fully saturated rings. The van der Waals surface area contributed by atoms with Crippen LogP contribution in [0.15, 0.2) is 47.5 Å². The second kappa shape index (κ2) is 5.35. The van der Waals surface area contributed by atoms with Crippen molar-refractivity contribution in [2.24, 2.45) is 4.99 Å². The van der Waals surface area contributed by atoms with Crippen LogP contribution in [0.25, 0.3) is 0 Å². The average Bonchev–Trinajstić information content (AvgIpc) is 2.30. The van der Waals surface area contributed by atoms with Crippen molar-refractivity contribution in [2.45, 2.75) is 6.92 Å². The Labute approximate surface area is 111 Å². The van der Waals surface area contributed by atoms with E-state index >= 15 is 0 Å². The van der Waals surface area contributed by atoms with Gasteiger partial charge in [0, 0.05) is 11.8 Å². The number of benzene rings is 2.